The predicted molar refractivity (Wildman–Crippen MR) is 196 cm³/mol. The maximum absolute atomic E-state index is 14.0. The number of thiocarbonyl (C=S) groups is 1. The van der Waals surface area contributed by atoms with Crippen LogP contribution in [0, 0.1) is 13.8 Å². The van der Waals surface area contributed by atoms with E-state index in [4.69, 9.17) is 22.1 Å². The average Bonchev–Trinajstić information content (AvgIpc) is 3.72. The van der Waals surface area contributed by atoms with Crippen LogP contribution in [-0.4, -0.2) is 29.4 Å². The quantitative estimate of drug-likeness (QED) is 0.123. The molecule has 1 aliphatic rings. The zero-order valence-corrected chi connectivity index (χ0v) is 28.2. The minimum atomic E-state index is -0.357. The van der Waals surface area contributed by atoms with Crippen LogP contribution in [-0.2, 0) is 18.4 Å². The van der Waals surface area contributed by atoms with Gasteiger partial charge in [-0.05, 0) is 61.9 Å². The molecular weight excluding hydrogens is 639 g/mol. The Morgan fingerprint density at radius 2 is 1.54 bits per heavy atom. The molecule has 0 saturated carbocycles. The number of carbonyl (C=O) groups excluding carboxylic acids is 1. The highest BCUT2D eigenvalue weighted by Crippen LogP contribution is 2.38. The smallest absolute Gasteiger partial charge is 0.296 e. The minimum Gasteiger partial charge on any atom is -0.489 e. The van der Waals surface area contributed by atoms with E-state index in [9.17, 15) is 9.59 Å². The van der Waals surface area contributed by atoms with E-state index in [1.54, 1.807) is 27.2 Å². The van der Waals surface area contributed by atoms with Crippen molar-refractivity contribution in [1.29, 1.82) is 0 Å². The molecule has 0 radical (unpaired) electrons. The van der Waals surface area contributed by atoms with Gasteiger partial charge in [0.25, 0.3) is 11.5 Å². The first-order valence-electron chi connectivity index (χ1n) is 15.3. The lowest BCUT2D eigenvalue weighted by molar-refractivity contribution is -0.113. The van der Waals surface area contributed by atoms with Crippen LogP contribution in [0.2, 0.25) is 0 Å². The second-order valence-corrected chi connectivity index (χ2v) is 13.1. The third-order valence-corrected chi connectivity index (χ3v) is 9.53. The van der Waals surface area contributed by atoms with Gasteiger partial charge in [0.15, 0.2) is 4.32 Å². The van der Waals surface area contributed by atoms with Gasteiger partial charge in [-0.3, -0.25) is 19.2 Å². The molecule has 6 aromatic rings. The third kappa shape index (κ3) is 5.92. The highest BCUT2D eigenvalue weighted by molar-refractivity contribution is 8.27. The molecule has 1 saturated heterocycles. The molecule has 8 nitrogen and oxygen atoms in total. The Morgan fingerprint density at radius 3 is 2.25 bits per heavy atom. The monoisotopic (exact) mass is 669 g/mol. The number of anilines is 1. The van der Waals surface area contributed by atoms with Crippen molar-refractivity contribution in [2.75, 3.05) is 4.90 Å². The fourth-order valence-electron chi connectivity index (χ4n) is 5.63. The van der Waals surface area contributed by atoms with Crippen molar-refractivity contribution in [3.63, 3.8) is 0 Å². The summed E-state index contributed by atoms with van der Waals surface area (Å²) >= 11 is 6.88. The van der Waals surface area contributed by atoms with Crippen LogP contribution in [0.15, 0.2) is 125 Å². The number of aromatic nitrogens is 4. The summed E-state index contributed by atoms with van der Waals surface area (Å²) in [5.74, 6) is 0.346. The fourth-order valence-corrected chi connectivity index (χ4v) is 6.89. The van der Waals surface area contributed by atoms with Crippen LogP contribution >= 0.6 is 24.0 Å². The molecule has 1 fully saturated rings. The number of hydrogen-bond acceptors (Lipinski definition) is 6. The van der Waals surface area contributed by atoms with E-state index in [0.29, 0.717) is 38.7 Å². The van der Waals surface area contributed by atoms with Gasteiger partial charge in [-0.15, -0.1) is 0 Å². The van der Waals surface area contributed by atoms with Crippen LogP contribution in [0.4, 0.5) is 5.69 Å². The number of nitrogens with zero attached hydrogens (tertiary/aromatic N) is 5. The summed E-state index contributed by atoms with van der Waals surface area (Å²) in [6.45, 7) is 4.31. The Labute approximate surface area is 287 Å². The summed E-state index contributed by atoms with van der Waals surface area (Å²) < 4.78 is 11.5. The second kappa shape index (κ2) is 13.0. The Balaban J connectivity index is 1.25. The van der Waals surface area contributed by atoms with Crippen molar-refractivity contribution in [2.24, 2.45) is 7.05 Å². The van der Waals surface area contributed by atoms with Crippen molar-refractivity contribution < 1.29 is 9.53 Å². The second-order valence-electron chi connectivity index (χ2n) is 11.4. The van der Waals surface area contributed by atoms with E-state index in [-0.39, 0.29) is 17.2 Å². The Hall–Kier alpha value is -5.45. The summed E-state index contributed by atoms with van der Waals surface area (Å²) in [5.41, 5.74) is 6.62. The van der Waals surface area contributed by atoms with E-state index in [0.717, 1.165) is 22.4 Å². The molecule has 3 heterocycles. The minimum absolute atomic E-state index is 0.242. The van der Waals surface area contributed by atoms with E-state index in [1.807, 2.05) is 98.0 Å². The van der Waals surface area contributed by atoms with Crippen LogP contribution in [0.3, 0.4) is 0 Å². The van der Waals surface area contributed by atoms with Crippen molar-refractivity contribution in [3.05, 3.63) is 153 Å². The van der Waals surface area contributed by atoms with E-state index in [1.165, 1.54) is 22.2 Å². The van der Waals surface area contributed by atoms with Crippen LogP contribution in [0.1, 0.15) is 22.4 Å². The summed E-state index contributed by atoms with van der Waals surface area (Å²) in [7, 11) is 1.80. The van der Waals surface area contributed by atoms with Crippen molar-refractivity contribution in [1.82, 2.24) is 19.1 Å². The number of thioether (sulfide) groups is 1. The Kier molecular flexibility index (Phi) is 8.43. The Bertz CT molecular complexity index is 2250. The molecule has 7 rings (SSSR count). The molecule has 1 aliphatic heterocycles. The van der Waals surface area contributed by atoms with Gasteiger partial charge in [0.2, 0.25) is 0 Å². The van der Waals surface area contributed by atoms with Crippen LogP contribution in [0.25, 0.3) is 28.7 Å². The fraction of sp³-hybridized carbons (Fsp3) is 0.105. The summed E-state index contributed by atoms with van der Waals surface area (Å²) in [5, 5.41) is 4.95. The van der Waals surface area contributed by atoms with Crippen molar-refractivity contribution in [3.8, 4) is 28.4 Å². The first-order valence-corrected chi connectivity index (χ1v) is 16.6. The molecule has 0 spiro atoms. The van der Waals surface area contributed by atoms with Gasteiger partial charge in [-0.2, -0.15) is 5.10 Å². The van der Waals surface area contributed by atoms with Crippen LogP contribution in [0.5, 0.6) is 5.75 Å². The number of rotatable bonds is 8. The predicted octanol–water partition coefficient (Wildman–Crippen LogP) is 7.63. The molecule has 0 aliphatic carbocycles. The highest BCUT2D eigenvalue weighted by Gasteiger charge is 2.38. The normalized spacial score (nSPS) is 13.9. The van der Waals surface area contributed by atoms with E-state index >= 15 is 0 Å². The molecule has 0 bridgehead atoms. The molecule has 238 valence electrons. The molecule has 2 aromatic heterocycles. The van der Waals surface area contributed by atoms with Gasteiger partial charge in [0.05, 0.1) is 22.0 Å². The highest BCUT2D eigenvalue weighted by atomic mass is 32.2. The zero-order valence-electron chi connectivity index (χ0n) is 26.5. The standard InChI is InChI=1S/C38H31N5O3S2/c1-25-17-19-27(20-18-25)24-46-32-16-10-11-28(21-32)34-29(23-41(39-34)30-12-6-4-7-13-30)22-33-36(44)42(38(47)48-33)35-26(2)40(3)43(37(35)45)31-14-8-5-9-15-31/h4-23H,24H2,1-3H3. The largest absolute Gasteiger partial charge is 0.489 e. The number of aryl methyl sites for hydroxylation is 1. The maximum atomic E-state index is 14.0. The number of benzene rings is 4. The summed E-state index contributed by atoms with van der Waals surface area (Å²) in [6, 6.07) is 35.1. The lowest BCUT2D eigenvalue weighted by atomic mass is 10.1. The lowest BCUT2D eigenvalue weighted by Crippen LogP contribution is -2.33. The number of amides is 1. The lowest BCUT2D eigenvalue weighted by Gasteiger charge is -2.12. The number of carbonyl (C=O) groups is 1. The molecule has 10 heteroatoms. The molecule has 0 atom stereocenters. The molecule has 4 aromatic carbocycles. The average molecular weight is 670 g/mol. The molecular formula is C38H31N5O3S2. The molecule has 0 N–H and O–H groups in total. The van der Waals surface area contributed by atoms with Crippen molar-refractivity contribution >= 4 is 46.0 Å². The summed E-state index contributed by atoms with van der Waals surface area (Å²) in [4.78, 5) is 29.6. The van der Waals surface area contributed by atoms with Gasteiger partial charge in [-0.25, -0.2) is 9.36 Å². The molecule has 48 heavy (non-hydrogen) atoms. The Morgan fingerprint density at radius 1 is 0.854 bits per heavy atom. The number of ether oxygens (including phenoxy) is 1. The third-order valence-electron chi connectivity index (χ3n) is 8.22. The SMILES string of the molecule is Cc1ccc(COc2cccc(-c3nn(-c4ccccc4)cc3C=C3SC(=S)N(c4c(C)n(C)n(-c5ccccc5)c4=O)C3=O)c2)cc1. The van der Waals surface area contributed by atoms with Gasteiger partial charge in [0, 0.05) is 24.4 Å². The molecule has 0 unspecified atom stereocenters. The van der Waals surface area contributed by atoms with E-state index in [2.05, 4.69) is 31.2 Å². The van der Waals surface area contributed by atoms with Gasteiger partial charge in [-0.1, -0.05) is 102 Å². The van der Waals surface area contributed by atoms with E-state index < -0.39 is 0 Å². The first kappa shape index (κ1) is 31.2. The van der Waals surface area contributed by atoms with Gasteiger partial charge >= 0.3 is 0 Å². The zero-order chi connectivity index (χ0) is 33.4. The van der Waals surface area contributed by atoms with Crippen LogP contribution < -0.4 is 15.2 Å². The number of hydrogen-bond donors (Lipinski definition) is 0. The topological polar surface area (TPSA) is 74.3 Å². The van der Waals surface area contributed by atoms with Gasteiger partial charge < -0.3 is 4.74 Å². The number of para-hydroxylation sites is 2. The first-order chi connectivity index (χ1) is 23.3. The summed E-state index contributed by atoms with van der Waals surface area (Å²) in [6.07, 6.45) is 3.70. The van der Waals surface area contributed by atoms with Gasteiger partial charge in [0.1, 0.15) is 23.7 Å². The molecule has 1 amide bonds. The van der Waals surface area contributed by atoms with Crippen molar-refractivity contribution in [2.45, 2.75) is 20.5 Å². The maximum Gasteiger partial charge on any atom is 0.296 e.